The third-order valence-corrected chi connectivity index (χ3v) is 6.09. The van der Waals surface area contributed by atoms with Gasteiger partial charge in [0.25, 0.3) is 0 Å². The molecule has 1 aliphatic heterocycles. The van der Waals surface area contributed by atoms with Gasteiger partial charge in [-0.25, -0.2) is 19.9 Å². The first-order valence-electron chi connectivity index (χ1n) is 10.2. The minimum atomic E-state index is -0.236. The van der Waals surface area contributed by atoms with E-state index in [4.69, 9.17) is 10.5 Å². The van der Waals surface area contributed by atoms with Gasteiger partial charge in [0.15, 0.2) is 22.0 Å². The van der Waals surface area contributed by atoms with Crippen LogP contribution in [0, 0.1) is 22.7 Å². The first kappa shape index (κ1) is 22.3. The third kappa shape index (κ3) is 4.95. The van der Waals surface area contributed by atoms with Crippen molar-refractivity contribution in [2.45, 2.75) is 6.54 Å². The zero-order chi connectivity index (χ0) is 23.2. The number of ketones is 1. The smallest absolute Gasteiger partial charge is 0.238 e. The Hall–Kier alpha value is -3.94. The lowest BCUT2D eigenvalue weighted by Crippen LogP contribution is -2.50. The molecule has 0 unspecified atom stereocenters. The zero-order valence-electron chi connectivity index (χ0n) is 17.7. The van der Waals surface area contributed by atoms with Crippen LogP contribution in [0.3, 0.4) is 0 Å². The van der Waals surface area contributed by atoms with E-state index in [0.29, 0.717) is 48.2 Å². The van der Waals surface area contributed by atoms with E-state index in [1.165, 1.54) is 22.6 Å². The molecule has 0 atom stereocenters. The van der Waals surface area contributed by atoms with Gasteiger partial charge >= 0.3 is 0 Å². The third-order valence-electron chi connectivity index (χ3n) is 5.27. The van der Waals surface area contributed by atoms with E-state index in [0.717, 1.165) is 0 Å². The van der Waals surface area contributed by atoms with E-state index in [1.54, 1.807) is 22.5 Å². The van der Waals surface area contributed by atoms with Gasteiger partial charge in [-0.1, -0.05) is 0 Å². The van der Waals surface area contributed by atoms with Crippen LogP contribution in [0.15, 0.2) is 24.2 Å². The quantitative estimate of drug-likeness (QED) is 0.333. The SMILES string of the molecule is N#CCN(CC#N)C(=O)CN1CCN(c2ncnc3c2ncn3CC(=O)c2nccs2)CC1. The first-order valence-corrected chi connectivity index (χ1v) is 11.1. The summed E-state index contributed by atoms with van der Waals surface area (Å²) in [5.41, 5.74) is 1.19. The molecule has 3 aromatic heterocycles. The van der Waals surface area contributed by atoms with Gasteiger partial charge in [-0.2, -0.15) is 10.5 Å². The number of nitriles is 2. The number of thiazole rings is 1. The number of piperazine rings is 1. The summed E-state index contributed by atoms with van der Waals surface area (Å²) in [5, 5.41) is 19.9. The van der Waals surface area contributed by atoms with E-state index in [-0.39, 0.29) is 37.9 Å². The Balaban J connectivity index is 1.41. The second kappa shape index (κ2) is 10.1. The summed E-state index contributed by atoms with van der Waals surface area (Å²) in [6.07, 6.45) is 4.64. The highest BCUT2D eigenvalue weighted by Gasteiger charge is 2.25. The number of carbonyl (C=O) groups is 2. The molecule has 1 saturated heterocycles. The Morgan fingerprint density at radius 2 is 1.79 bits per heavy atom. The summed E-state index contributed by atoms with van der Waals surface area (Å²) in [5.74, 6) is 0.339. The number of anilines is 1. The largest absolute Gasteiger partial charge is 0.352 e. The number of hydrogen-bond acceptors (Lipinski definition) is 11. The summed E-state index contributed by atoms with van der Waals surface area (Å²) in [6, 6.07) is 3.84. The van der Waals surface area contributed by atoms with Gasteiger partial charge < -0.3 is 14.4 Å². The van der Waals surface area contributed by atoms with Crippen LogP contribution in [-0.4, -0.2) is 91.8 Å². The Bertz CT molecular complexity index is 1200. The van der Waals surface area contributed by atoms with E-state index in [9.17, 15) is 9.59 Å². The molecular weight excluding hydrogens is 444 g/mol. The molecule has 4 rings (SSSR count). The number of imidazole rings is 1. The second-order valence-electron chi connectivity index (χ2n) is 7.33. The molecule has 0 bridgehead atoms. The van der Waals surface area contributed by atoms with Gasteiger partial charge in [-0.05, 0) is 0 Å². The minimum absolute atomic E-state index is 0.0955. The van der Waals surface area contributed by atoms with Crippen LogP contribution in [0.2, 0.25) is 0 Å². The van der Waals surface area contributed by atoms with Crippen molar-refractivity contribution in [2.24, 2.45) is 0 Å². The second-order valence-corrected chi connectivity index (χ2v) is 8.23. The standard InChI is InChI=1S/C20H20N10O2S/c21-1-4-28(5-2-22)16(32)12-27-6-8-29(9-7-27)18-17-19(25-13-24-18)30(14-26-17)11-15(31)20-23-3-10-33-20/h3,10,13-14H,4-9,11-12H2. The zero-order valence-corrected chi connectivity index (χ0v) is 18.5. The van der Waals surface area contributed by atoms with Crippen LogP contribution in [0.25, 0.3) is 11.2 Å². The fraction of sp³-hybridized carbons (Fsp3) is 0.400. The van der Waals surface area contributed by atoms with Gasteiger partial charge in [0.1, 0.15) is 19.4 Å². The number of Topliss-reactive ketones (excluding diaryl/α,β-unsaturated/α-hetero) is 1. The molecule has 0 aromatic carbocycles. The van der Waals surface area contributed by atoms with Crippen LogP contribution in [-0.2, 0) is 11.3 Å². The highest BCUT2D eigenvalue weighted by atomic mass is 32.1. The predicted octanol–water partition coefficient (Wildman–Crippen LogP) is 0.163. The fourth-order valence-electron chi connectivity index (χ4n) is 3.61. The van der Waals surface area contributed by atoms with Crippen LogP contribution in [0.1, 0.15) is 9.80 Å². The molecule has 4 heterocycles. The normalized spacial score (nSPS) is 14.1. The Kier molecular flexibility index (Phi) is 6.83. The number of carbonyl (C=O) groups excluding carboxylic acids is 2. The van der Waals surface area contributed by atoms with Crippen molar-refractivity contribution in [3.63, 3.8) is 0 Å². The lowest BCUT2D eigenvalue weighted by molar-refractivity contribution is -0.131. The maximum Gasteiger partial charge on any atom is 0.238 e. The maximum absolute atomic E-state index is 12.4. The Labute approximate surface area is 193 Å². The molecule has 0 aliphatic carbocycles. The summed E-state index contributed by atoms with van der Waals surface area (Å²) >= 11 is 1.30. The van der Waals surface area contributed by atoms with Crippen molar-refractivity contribution in [1.82, 2.24) is 34.3 Å². The van der Waals surface area contributed by atoms with E-state index < -0.39 is 0 Å². The van der Waals surface area contributed by atoms with Gasteiger partial charge in [0, 0.05) is 37.8 Å². The highest BCUT2D eigenvalue weighted by Crippen LogP contribution is 2.23. The van der Waals surface area contributed by atoms with Crippen molar-refractivity contribution < 1.29 is 9.59 Å². The molecule has 0 N–H and O–H groups in total. The monoisotopic (exact) mass is 464 g/mol. The molecule has 0 saturated carbocycles. The van der Waals surface area contributed by atoms with Crippen LogP contribution in [0.4, 0.5) is 5.82 Å². The van der Waals surface area contributed by atoms with Gasteiger partial charge in [-0.15, -0.1) is 11.3 Å². The molecule has 1 aliphatic rings. The van der Waals surface area contributed by atoms with Crippen LogP contribution >= 0.6 is 11.3 Å². The molecule has 1 fully saturated rings. The van der Waals surface area contributed by atoms with Gasteiger partial charge in [0.05, 0.1) is 31.6 Å². The number of aromatic nitrogens is 5. The lowest BCUT2D eigenvalue weighted by atomic mass is 10.3. The molecule has 1 amide bonds. The minimum Gasteiger partial charge on any atom is -0.352 e. The van der Waals surface area contributed by atoms with Crippen molar-refractivity contribution in [2.75, 3.05) is 50.7 Å². The predicted molar refractivity (Wildman–Crippen MR) is 118 cm³/mol. The molecule has 3 aromatic rings. The van der Waals surface area contributed by atoms with Crippen molar-refractivity contribution in [3.05, 3.63) is 29.2 Å². The summed E-state index contributed by atoms with van der Waals surface area (Å²) in [4.78, 5) is 47.4. The average Bonchev–Trinajstić information content (AvgIpc) is 3.50. The molecule has 12 nitrogen and oxygen atoms in total. The number of rotatable bonds is 8. The van der Waals surface area contributed by atoms with E-state index in [1.807, 2.05) is 17.0 Å². The van der Waals surface area contributed by atoms with Crippen LogP contribution in [0.5, 0.6) is 0 Å². The highest BCUT2D eigenvalue weighted by molar-refractivity contribution is 7.11. The number of nitrogens with zero attached hydrogens (tertiary/aromatic N) is 10. The molecule has 0 spiro atoms. The fourth-order valence-corrected chi connectivity index (χ4v) is 4.18. The first-order chi connectivity index (χ1) is 16.1. The van der Waals surface area contributed by atoms with Gasteiger partial charge in [0.2, 0.25) is 11.7 Å². The van der Waals surface area contributed by atoms with Crippen molar-refractivity contribution in [3.8, 4) is 12.1 Å². The van der Waals surface area contributed by atoms with Gasteiger partial charge in [-0.3, -0.25) is 14.5 Å². The summed E-state index contributed by atoms with van der Waals surface area (Å²) < 4.78 is 1.69. The number of hydrogen-bond donors (Lipinski definition) is 0. The van der Waals surface area contributed by atoms with E-state index in [2.05, 4.69) is 24.8 Å². The Morgan fingerprint density at radius 3 is 2.45 bits per heavy atom. The molecular formula is C20H20N10O2S. The lowest BCUT2D eigenvalue weighted by Gasteiger charge is -2.35. The van der Waals surface area contributed by atoms with Crippen LogP contribution < -0.4 is 4.90 Å². The molecule has 13 heteroatoms. The van der Waals surface area contributed by atoms with E-state index >= 15 is 0 Å². The maximum atomic E-state index is 12.4. The topological polar surface area (TPSA) is 148 Å². The number of fused-ring (bicyclic) bond motifs is 1. The molecule has 168 valence electrons. The van der Waals surface area contributed by atoms with Crippen molar-refractivity contribution in [1.29, 1.82) is 10.5 Å². The average molecular weight is 465 g/mol. The summed E-state index contributed by atoms with van der Waals surface area (Å²) in [6.45, 7) is 2.54. The molecule has 0 radical (unpaired) electrons. The summed E-state index contributed by atoms with van der Waals surface area (Å²) in [7, 11) is 0. The van der Waals surface area contributed by atoms with Crippen molar-refractivity contribution >= 4 is 40.0 Å². The number of amides is 1. The Morgan fingerprint density at radius 1 is 1.03 bits per heavy atom. The molecule has 33 heavy (non-hydrogen) atoms.